The van der Waals surface area contributed by atoms with Crippen molar-refractivity contribution in [2.45, 2.75) is 12.5 Å². The lowest BCUT2D eigenvalue weighted by Gasteiger charge is -2.16. The lowest BCUT2D eigenvalue weighted by Crippen LogP contribution is -2.14. The quantitative estimate of drug-likeness (QED) is 0.254. The highest BCUT2D eigenvalue weighted by molar-refractivity contribution is 7.20. The Hall–Kier alpha value is -3.00. The molecule has 2 aromatic carbocycles. The molecule has 0 bridgehead atoms. The van der Waals surface area contributed by atoms with E-state index in [-0.39, 0.29) is 6.04 Å². The molecule has 4 nitrogen and oxygen atoms in total. The van der Waals surface area contributed by atoms with Gasteiger partial charge in [0, 0.05) is 16.3 Å². The zero-order valence-electron chi connectivity index (χ0n) is 17.4. The number of anilines is 1. The van der Waals surface area contributed by atoms with Crippen LogP contribution in [0.1, 0.15) is 17.3 Å². The average Bonchev–Trinajstić information content (AvgIpc) is 3.61. The summed E-state index contributed by atoms with van der Waals surface area (Å²) in [5, 5.41) is 11.9. The Morgan fingerprint density at radius 3 is 2.53 bits per heavy atom. The number of thiophene rings is 1. The maximum absolute atomic E-state index is 5.51. The Balaban J connectivity index is 1.43. The van der Waals surface area contributed by atoms with Gasteiger partial charge in [0.05, 0.1) is 29.4 Å². The van der Waals surface area contributed by atoms with Crippen LogP contribution in [-0.2, 0) is 6.42 Å². The molecular formula is C25H21N3OS3. The minimum absolute atomic E-state index is 0.0269. The highest BCUT2D eigenvalue weighted by atomic mass is 32.1. The number of nitrogens with one attached hydrogen (secondary N) is 1. The van der Waals surface area contributed by atoms with Crippen molar-refractivity contribution in [3.63, 3.8) is 0 Å². The van der Waals surface area contributed by atoms with E-state index in [1.54, 1.807) is 41.1 Å². The van der Waals surface area contributed by atoms with Crippen LogP contribution in [0.5, 0.6) is 5.75 Å². The van der Waals surface area contributed by atoms with Crippen LogP contribution >= 0.6 is 34.0 Å². The van der Waals surface area contributed by atoms with E-state index in [1.165, 1.54) is 10.4 Å². The molecule has 5 rings (SSSR count). The molecule has 0 aliphatic rings. The van der Waals surface area contributed by atoms with E-state index in [4.69, 9.17) is 14.7 Å². The van der Waals surface area contributed by atoms with Gasteiger partial charge in [0.1, 0.15) is 10.8 Å². The molecular weight excluding hydrogens is 454 g/mol. The molecule has 0 spiro atoms. The number of aromatic nitrogens is 2. The van der Waals surface area contributed by atoms with Crippen LogP contribution in [0.3, 0.4) is 0 Å². The van der Waals surface area contributed by atoms with E-state index in [2.05, 4.69) is 57.9 Å². The predicted molar refractivity (Wildman–Crippen MR) is 136 cm³/mol. The largest absolute Gasteiger partial charge is 0.496 e. The van der Waals surface area contributed by atoms with Gasteiger partial charge in [-0.2, -0.15) is 0 Å². The summed E-state index contributed by atoms with van der Waals surface area (Å²) in [6.45, 7) is 0. The molecule has 1 N–H and O–H groups in total. The first-order chi connectivity index (χ1) is 15.8. The molecule has 7 heteroatoms. The van der Waals surface area contributed by atoms with E-state index in [0.29, 0.717) is 0 Å². The fraction of sp³-hybridized carbons (Fsp3) is 0.120. The highest BCUT2D eigenvalue weighted by Gasteiger charge is 2.19. The summed E-state index contributed by atoms with van der Waals surface area (Å²) in [6.07, 6.45) is 0.831. The normalized spacial score (nSPS) is 11.9. The van der Waals surface area contributed by atoms with Gasteiger partial charge < -0.3 is 10.1 Å². The molecule has 3 heterocycles. The van der Waals surface area contributed by atoms with Gasteiger partial charge in [-0.3, -0.25) is 0 Å². The lowest BCUT2D eigenvalue weighted by atomic mass is 10.0. The molecule has 5 aromatic rings. The Morgan fingerprint density at radius 2 is 1.72 bits per heavy atom. The number of para-hydroxylation sites is 1. The number of benzene rings is 2. The summed E-state index contributed by atoms with van der Waals surface area (Å²) in [5.74, 6) is 0.824. The third-order valence-electron chi connectivity index (χ3n) is 5.08. The first kappa shape index (κ1) is 20.9. The van der Waals surface area contributed by atoms with Crippen LogP contribution in [0.25, 0.3) is 21.1 Å². The van der Waals surface area contributed by atoms with Crippen LogP contribution in [0.2, 0.25) is 0 Å². The van der Waals surface area contributed by atoms with Crippen LogP contribution in [-0.4, -0.2) is 17.1 Å². The zero-order chi connectivity index (χ0) is 21.8. The van der Waals surface area contributed by atoms with E-state index >= 15 is 0 Å². The molecule has 0 fully saturated rings. The number of ether oxygens (including phenoxy) is 1. The van der Waals surface area contributed by atoms with Gasteiger partial charge in [-0.15, -0.1) is 34.0 Å². The van der Waals surface area contributed by atoms with Crippen LogP contribution in [0.4, 0.5) is 5.13 Å². The van der Waals surface area contributed by atoms with Gasteiger partial charge in [0.2, 0.25) is 0 Å². The predicted octanol–water partition coefficient (Wildman–Crippen LogP) is 7.40. The number of hydrogen-bond acceptors (Lipinski definition) is 7. The Kier molecular flexibility index (Phi) is 6.29. The number of thiazole rings is 2. The van der Waals surface area contributed by atoms with E-state index in [9.17, 15) is 0 Å². The van der Waals surface area contributed by atoms with Crippen molar-refractivity contribution in [2.24, 2.45) is 0 Å². The van der Waals surface area contributed by atoms with Crippen molar-refractivity contribution in [3.8, 4) is 26.9 Å². The fourth-order valence-electron chi connectivity index (χ4n) is 3.51. The van der Waals surface area contributed by atoms with Gasteiger partial charge in [-0.1, -0.05) is 48.5 Å². The van der Waals surface area contributed by atoms with Crippen LogP contribution < -0.4 is 10.1 Å². The second-order valence-corrected chi connectivity index (χ2v) is 9.84. The summed E-state index contributed by atoms with van der Waals surface area (Å²) >= 11 is 5.01. The summed E-state index contributed by atoms with van der Waals surface area (Å²) in [5.41, 5.74) is 4.20. The molecule has 1 atom stereocenters. The summed E-state index contributed by atoms with van der Waals surface area (Å²) < 4.78 is 5.51. The molecule has 32 heavy (non-hydrogen) atoms. The first-order valence-corrected chi connectivity index (χ1v) is 12.8. The van der Waals surface area contributed by atoms with Crippen molar-refractivity contribution >= 4 is 39.1 Å². The molecule has 0 aliphatic carbocycles. The first-order valence-electron chi connectivity index (χ1n) is 10.2. The Bertz CT molecular complexity index is 1280. The third kappa shape index (κ3) is 4.60. The molecule has 0 unspecified atom stereocenters. The molecule has 0 saturated carbocycles. The van der Waals surface area contributed by atoms with Crippen molar-refractivity contribution in [2.75, 3.05) is 12.4 Å². The van der Waals surface area contributed by atoms with Crippen molar-refractivity contribution in [1.82, 2.24) is 9.97 Å². The standard InChI is InChI=1S/C25H21N3OS3/c1-29-22-11-6-5-10-18(22)20-15-32-25(28-20)27-19(14-17-8-3-2-4-9-17)21-16-31-24(26-21)23-12-7-13-30-23/h2-13,15-16,19H,14H2,1H3,(H,27,28)/t19-/m0/s1. The Morgan fingerprint density at radius 1 is 0.875 bits per heavy atom. The maximum atomic E-state index is 5.51. The fourth-order valence-corrected chi connectivity index (χ4v) is 5.96. The van der Waals surface area contributed by atoms with Crippen molar-refractivity contribution in [3.05, 3.63) is 94.1 Å². The highest BCUT2D eigenvalue weighted by Crippen LogP contribution is 2.35. The smallest absolute Gasteiger partial charge is 0.183 e. The summed E-state index contributed by atoms with van der Waals surface area (Å²) in [7, 11) is 1.69. The van der Waals surface area contributed by atoms with Gasteiger partial charge >= 0.3 is 0 Å². The van der Waals surface area contributed by atoms with Crippen molar-refractivity contribution in [1.29, 1.82) is 0 Å². The topological polar surface area (TPSA) is 47.0 Å². The monoisotopic (exact) mass is 475 g/mol. The van der Waals surface area contributed by atoms with Crippen molar-refractivity contribution < 1.29 is 4.74 Å². The summed E-state index contributed by atoms with van der Waals surface area (Å²) in [6, 6.07) is 22.7. The zero-order valence-corrected chi connectivity index (χ0v) is 19.8. The van der Waals surface area contributed by atoms with E-state index < -0.39 is 0 Å². The second-order valence-electron chi connectivity index (χ2n) is 7.18. The molecule has 0 aliphatic heterocycles. The van der Waals surface area contributed by atoms with Crippen LogP contribution in [0.15, 0.2) is 82.9 Å². The minimum atomic E-state index is 0.0269. The molecule has 0 amide bonds. The average molecular weight is 476 g/mol. The van der Waals surface area contributed by atoms with E-state index in [1.807, 2.05) is 30.3 Å². The second kappa shape index (κ2) is 9.65. The number of hydrogen-bond donors (Lipinski definition) is 1. The van der Waals surface area contributed by atoms with Gasteiger partial charge in [-0.05, 0) is 35.6 Å². The molecule has 3 aromatic heterocycles. The minimum Gasteiger partial charge on any atom is -0.496 e. The lowest BCUT2D eigenvalue weighted by molar-refractivity contribution is 0.416. The number of nitrogens with zero attached hydrogens (tertiary/aromatic N) is 2. The van der Waals surface area contributed by atoms with E-state index in [0.717, 1.165) is 39.3 Å². The molecule has 160 valence electrons. The van der Waals surface area contributed by atoms with Crippen LogP contribution in [0, 0.1) is 0 Å². The Labute approximate surface area is 199 Å². The third-order valence-corrected chi connectivity index (χ3v) is 7.75. The van der Waals surface area contributed by atoms with Gasteiger partial charge in [0.25, 0.3) is 0 Å². The number of rotatable bonds is 8. The molecule has 0 radical (unpaired) electrons. The maximum Gasteiger partial charge on any atom is 0.183 e. The van der Waals surface area contributed by atoms with Gasteiger partial charge in [-0.25, -0.2) is 9.97 Å². The van der Waals surface area contributed by atoms with Gasteiger partial charge in [0.15, 0.2) is 5.13 Å². The summed E-state index contributed by atoms with van der Waals surface area (Å²) in [4.78, 5) is 11.0. The number of methoxy groups -OCH3 is 1. The SMILES string of the molecule is COc1ccccc1-c1csc(N[C@@H](Cc2ccccc2)c2csc(-c3cccs3)n2)n1. The molecule has 0 saturated heterocycles.